The Morgan fingerprint density at radius 1 is 1.40 bits per heavy atom. The highest BCUT2D eigenvalue weighted by atomic mass is 16.5. The summed E-state index contributed by atoms with van der Waals surface area (Å²) < 4.78 is 5.59. The first-order chi connectivity index (χ1) is 9.61. The lowest BCUT2D eigenvalue weighted by Crippen LogP contribution is -2.51. The molecule has 1 saturated carbocycles. The Morgan fingerprint density at radius 2 is 2.20 bits per heavy atom. The Bertz CT molecular complexity index is 362. The average molecular weight is 283 g/mol. The summed E-state index contributed by atoms with van der Waals surface area (Å²) in [6.45, 7) is 4.28. The van der Waals surface area contributed by atoms with E-state index in [0.29, 0.717) is 38.7 Å². The summed E-state index contributed by atoms with van der Waals surface area (Å²) in [4.78, 5) is 25.4. The maximum atomic E-state index is 12.6. The fraction of sp³-hybridized carbons (Fsp3) is 0.857. The van der Waals surface area contributed by atoms with E-state index in [2.05, 4.69) is 5.32 Å². The molecule has 2 aliphatic rings. The Kier molecular flexibility index (Phi) is 5.37. The van der Waals surface area contributed by atoms with E-state index in [1.165, 1.54) is 6.92 Å². The number of nitrogens with one attached hydrogen (secondary N) is 1. The molecule has 114 valence electrons. The molecule has 0 aromatic carbocycles. The third-order valence-corrected chi connectivity index (χ3v) is 4.31. The van der Waals surface area contributed by atoms with Crippen molar-refractivity contribution >= 4 is 11.8 Å². The molecule has 6 heteroatoms. The summed E-state index contributed by atoms with van der Waals surface area (Å²) in [5, 5.41) is 2.74. The summed E-state index contributed by atoms with van der Waals surface area (Å²) in [7, 11) is 0. The minimum absolute atomic E-state index is 0.0731. The SMILES string of the molecule is CC(=O)NCC1CN(C(=O)[C@@H]2CCC[C@@H]2CN)CCO1. The number of carbonyl (C=O) groups is 2. The zero-order valence-corrected chi connectivity index (χ0v) is 12.1. The normalized spacial score (nSPS) is 30.3. The largest absolute Gasteiger partial charge is 0.373 e. The standard InChI is InChI=1S/C14H25N3O3/c1-10(18)16-8-12-9-17(5-6-20-12)14(19)13-4-2-3-11(13)7-15/h11-13H,2-9,15H2,1H3,(H,16,18)/t11-,12?,13-/m1/s1. The van der Waals surface area contributed by atoms with Gasteiger partial charge in [-0.05, 0) is 25.3 Å². The number of hydrogen-bond acceptors (Lipinski definition) is 4. The van der Waals surface area contributed by atoms with Crippen LogP contribution in [0.5, 0.6) is 0 Å². The van der Waals surface area contributed by atoms with Crippen molar-refractivity contribution in [2.24, 2.45) is 17.6 Å². The monoisotopic (exact) mass is 283 g/mol. The van der Waals surface area contributed by atoms with Gasteiger partial charge in [0, 0.05) is 32.5 Å². The molecule has 1 heterocycles. The number of carbonyl (C=O) groups excluding carboxylic acids is 2. The van der Waals surface area contributed by atoms with E-state index in [4.69, 9.17) is 10.5 Å². The van der Waals surface area contributed by atoms with Gasteiger partial charge in [0.05, 0.1) is 12.7 Å². The van der Waals surface area contributed by atoms with Gasteiger partial charge in [-0.2, -0.15) is 0 Å². The smallest absolute Gasteiger partial charge is 0.226 e. The molecule has 1 unspecified atom stereocenters. The number of nitrogens with zero attached hydrogens (tertiary/aromatic N) is 1. The van der Waals surface area contributed by atoms with Crippen molar-refractivity contribution in [1.82, 2.24) is 10.2 Å². The van der Waals surface area contributed by atoms with Crippen LogP contribution in [0.3, 0.4) is 0 Å². The van der Waals surface area contributed by atoms with Crippen LogP contribution in [0.25, 0.3) is 0 Å². The molecule has 0 radical (unpaired) electrons. The minimum atomic E-state index is -0.102. The average Bonchev–Trinajstić information content (AvgIpc) is 2.93. The van der Waals surface area contributed by atoms with Crippen molar-refractivity contribution in [2.75, 3.05) is 32.8 Å². The van der Waals surface area contributed by atoms with Crippen LogP contribution in [0.15, 0.2) is 0 Å². The maximum Gasteiger partial charge on any atom is 0.226 e. The van der Waals surface area contributed by atoms with E-state index in [-0.39, 0.29) is 23.8 Å². The lowest BCUT2D eigenvalue weighted by Gasteiger charge is -2.35. The van der Waals surface area contributed by atoms with Crippen LogP contribution < -0.4 is 11.1 Å². The number of ether oxygens (including phenoxy) is 1. The van der Waals surface area contributed by atoms with Crippen LogP contribution in [-0.2, 0) is 14.3 Å². The lowest BCUT2D eigenvalue weighted by atomic mass is 9.94. The molecule has 3 atom stereocenters. The number of hydrogen-bond donors (Lipinski definition) is 2. The molecule has 0 aromatic rings. The third kappa shape index (κ3) is 3.70. The van der Waals surface area contributed by atoms with Gasteiger partial charge in [0.2, 0.25) is 11.8 Å². The summed E-state index contributed by atoms with van der Waals surface area (Å²) in [5.41, 5.74) is 5.76. The maximum absolute atomic E-state index is 12.6. The van der Waals surface area contributed by atoms with Crippen LogP contribution in [0.2, 0.25) is 0 Å². The first-order valence-electron chi connectivity index (χ1n) is 7.46. The quantitative estimate of drug-likeness (QED) is 0.743. The Hall–Kier alpha value is -1.14. The van der Waals surface area contributed by atoms with Gasteiger partial charge in [0.25, 0.3) is 0 Å². The third-order valence-electron chi connectivity index (χ3n) is 4.31. The van der Waals surface area contributed by atoms with Gasteiger partial charge in [-0.25, -0.2) is 0 Å². The van der Waals surface area contributed by atoms with Gasteiger partial charge in [0.1, 0.15) is 0 Å². The van der Waals surface area contributed by atoms with Crippen LogP contribution in [0.4, 0.5) is 0 Å². The van der Waals surface area contributed by atoms with E-state index in [0.717, 1.165) is 19.3 Å². The molecule has 1 saturated heterocycles. The van der Waals surface area contributed by atoms with Crippen molar-refractivity contribution < 1.29 is 14.3 Å². The van der Waals surface area contributed by atoms with Gasteiger partial charge in [-0.3, -0.25) is 9.59 Å². The Balaban J connectivity index is 1.87. The molecular formula is C14H25N3O3. The van der Waals surface area contributed by atoms with E-state index >= 15 is 0 Å². The van der Waals surface area contributed by atoms with Crippen molar-refractivity contribution in [2.45, 2.75) is 32.3 Å². The van der Waals surface area contributed by atoms with Crippen molar-refractivity contribution in [3.05, 3.63) is 0 Å². The predicted octanol–water partition coefficient (Wildman–Crippen LogP) is -0.275. The topological polar surface area (TPSA) is 84.7 Å². The van der Waals surface area contributed by atoms with Gasteiger partial charge >= 0.3 is 0 Å². The second kappa shape index (κ2) is 7.04. The zero-order valence-electron chi connectivity index (χ0n) is 12.1. The van der Waals surface area contributed by atoms with Crippen LogP contribution in [0.1, 0.15) is 26.2 Å². The van der Waals surface area contributed by atoms with Gasteiger partial charge in [-0.15, -0.1) is 0 Å². The zero-order chi connectivity index (χ0) is 14.5. The molecule has 2 rings (SSSR count). The summed E-state index contributed by atoms with van der Waals surface area (Å²) in [6, 6.07) is 0. The van der Waals surface area contributed by atoms with Gasteiger partial charge in [-0.1, -0.05) is 6.42 Å². The highest BCUT2D eigenvalue weighted by Crippen LogP contribution is 2.32. The molecule has 6 nitrogen and oxygen atoms in total. The molecule has 0 spiro atoms. The van der Waals surface area contributed by atoms with Crippen LogP contribution in [-0.4, -0.2) is 55.6 Å². The van der Waals surface area contributed by atoms with E-state index in [1.807, 2.05) is 4.90 Å². The second-order valence-electron chi connectivity index (χ2n) is 5.75. The van der Waals surface area contributed by atoms with Crippen molar-refractivity contribution in [3.63, 3.8) is 0 Å². The van der Waals surface area contributed by atoms with Gasteiger partial charge < -0.3 is 20.7 Å². The molecule has 3 N–H and O–H groups in total. The first kappa shape index (κ1) is 15.3. The Labute approximate surface area is 120 Å². The van der Waals surface area contributed by atoms with E-state index < -0.39 is 0 Å². The molecule has 0 aromatic heterocycles. The first-order valence-corrected chi connectivity index (χ1v) is 7.46. The highest BCUT2D eigenvalue weighted by molar-refractivity contribution is 5.79. The predicted molar refractivity (Wildman–Crippen MR) is 74.9 cm³/mol. The second-order valence-corrected chi connectivity index (χ2v) is 5.75. The summed E-state index contributed by atoms with van der Waals surface area (Å²) in [5.74, 6) is 0.559. The molecule has 0 bridgehead atoms. The van der Waals surface area contributed by atoms with E-state index in [9.17, 15) is 9.59 Å². The van der Waals surface area contributed by atoms with E-state index in [1.54, 1.807) is 0 Å². The molecule has 1 aliphatic carbocycles. The fourth-order valence-electron chi connectivity index (χ4n) is 3.18. The number of amides is 2. The summed E-state index contributed by atoms with van der Waals surface area (Å²) in [6.07, 6.45) is 3.01. The highest BCUT2D eigenvalue weighted by Gasteiger charge is 2.36. The molecule has 2 amide bonds. The summed E-state index contributed by atoms with van der Waals surface area (Å²) >= 11 is 0. The molecule has 2 fully saturated rings. The Morgan fingerprint density at radius 3 is 2.90 bits per heavy atom. The number of rotatable bonds is 4. The fourth-order valence-corrected chi connectivity index (χ4v) is 3.18. The number of nitrogens with two attached hydrogens (primary N) is 1. The minimum Gasteiger partial charge on any atom is -0.373 e. The molecular weight excluding hydrogens is 258 g/mol. The van der Waals surface area contributed by atoms with Gasteiger partial charge in [0.15, 0.2) is 0 Å². The lowest BCUT2D eigenvalue weighted by molar-refractivity contribution is -0.144. The van der Waals surface area contributed by atoms with Crippen LogP contribution >= 0.6 is 0 Å². The molecule has 1 aliphatic heterocycles. The molecule has 20 heavy (non-hydrogen) atoms. The number of morpholine rings is 1. The van der Waals surface area contributed by atoms with Crippen LogP contribution in [0, 0.1) is 11.8 Å². The van der Waals surface area contributed by atoms with Crippen molar-refractivity contribution in [3.8, 4) is 0 Å². The van der Waals surface area contributed by atoms with Crippen molar-refractivity contribution in [1.29, 1.82) is 0 Å².